The summed E-state index contributed by atoms with van der Waals surface area (Å²) >= 11 is 5.68. The number of hydrogen-bond donors (Lipinski definition) is 1. The predicted molar refractivity (Wildman–Crippen MR) is 82.8 cm³/mol. The van der Waals surface area contributed by atoms with Gasteiger partial charge in [0.05, 0.1) is 22.1 Å². The standard InChI is InChI=1S/C15H17ClFN3O2/c1-8-14(9(2)20(4)19-8)18-15(21)10(3)22-11-5-6-13(17)12(16)7-11/h5-7,10H,1-4H3,(H,18,21)/t10-/m1/s1. The molecule has 1 aromatic heterocycles. The van der Waals surface area contributed by atoms with E-state index < -0.39 is 11.9 Å². The van der Waals surface area contributed by atoms with Crippen LogP contribution in [0.25, 0.3) is 0 Å². The minimum Gasteiger partial charge on any atom is -0.481 e. The Labute approximate surface area is 133 Å². The van der Waals surface area contributed by atoms with E-state index in [0.29, 0.717) is 11.4 Å². The molecule has 2 aromatic rings. The normalized spacial score (nSPS) is 12.1. The molecule has 7 heteroatoms. The Hall–Kier alpha value is -2.08. The Morgan fingerprint density at radius 1 is 1.45 bits per heavy atom. The molecule has 1 N–H and O–H groups in total. The van der Waals surface area contributed by atoms with E-state index >= 15 is 0 Å². The molecule has 0 fully saturated rings. The smallest absolute Gasteiger partial charge is 0.265 e. The summed E-state index contributed by atoms with van der Waals surface area (Å²) in [6.07, 6.45) is -0.763. The number of carbonyl (C=O) groups is 1. The summed E-state index contributed by atoms with van der Waals surface area (Å²) in [7, 11) is 1.80. The van der Waals surface area contributed by atoms with Crippen LogP contribution in [0.4, 0.5) is 10.1 Å². The van der Waals surface area contributed by atoms with Crippen molar-refractivity contribution < 1.29 is 13.9 Å². The third-order valence-corrected chi connectivity index (χ3v) is 3.62. The fourth-order valence-corrected chi connectivity index (χ4v) is 2.16. The van der Waals surface area contributed by atoms with Crippen molar-refractivity contribution in [2.45, 2.75) is 26.9 Å². The summed E-state index contributed by atoms with van der Waals surface area (Å²) in [5.74, 6) is -0.527. The van der Waals surface area contributed by atoms with Crippen molar-refractivity contribution in [3.63, 3.8) is 0 Å². The van der Waals surface area contributed by atoms with Gasteiger partial charge < -0.3 is 10.1 Å². The summed E-state index contributed by atoms with van der Waals surface area (Å²) in [5, 5.41) is 6.97. The van der Waals surface area contributed by atoms with Gasteiger partial charge in [0.15, 0.2) is 6.10 Å². The summed E-state index contributed by atoms with van der Waals surface area (Å²) < 4.78 is 20.3. The molecule has 0 saturated carbocycles. The van der Waals surface area contributed by atoms with Crippen molar-refractivity contribution in [1.82, 2.24) is 9.78 Å². The van der Waals surface area contributed by atoms with E-state index in [2.05, 4.69) is 10.4 Å². The molecule has 1 amide bonds. The highest BCUT2D eigenvalue weighted by molar-refractivity contribution is 6.30. The number of aryl methyl sites for hydroxylation is 2. The van der Waals surface area contributed by atoms with Crippen LogP contribution in [-0.2, 0) is 11.8 Å². The summed E-state index contributed by atoms with van der Waals surface area (Å²) in [5.41, 5.74) is 2.24. The van der Waals surface area contributed by atoms with Gasteiger partial charge in [0.1, 0.15) is 11.6 Å². The first-order valence-electron chi connectivity index (χ1n) is 6.72. The lowest BCUT2D eigenvalue weighted by molar-refractivity contribution is -0.122. The number of anilines is 1. The van der Waals surface area contributed by atoms with Gasteiger partial charge in [-0.05, 0) is 32.9 Å². The maximum atomic E-state index is 13.1. The number of amides is 1. The van der Waals surface area contributed by atoms with Crippen molar-refractivity contribution in [3.05, 3.63) is 40.4 Å². The molecule has 0 aliphatic carbocycles. The number of nitrogens with zero attached hydrogens (tertiary/aromatic N) is 2. The lowest BCUT2D eigenvalue weighted by Crippen LogP contribution is -2.30. The Morgan fingerprint density at radius 3 is 2.68 bits per heavy atom. The number of ether oxygens (including phenoxy) is 1. The van der Waals surface area contributed by atoms with Gasteiger partial charge in [0.25, 0.3) is 5.91 Å². The lowest BCUT2D eigenvalue weighted by Gasteiger charge is -2.15. The van der Waals surface area contributed by atoms with Crippen molar-refractivity contribution in [2.75, 3.05) is 5.32 Å². The zero-order valence-corrected chi connectivity index (χ0v) is 13.5. The van der Waals surface area contributed by atoms with Gasteiger partial charge in [0, 0.05) is 13.1 Å². The second-order valence-corrected chi connectivity index (χ2v) is 5.40. The largest absolute Gasteiger partial charge is 0.481 e. The van der Waals surface area contributed by atoms with Gasteiger partial charge in [-0.3, -0.25) is 9.48 Å². The number of aromatic nitrogens is 2. The van der Waals surface area contributed by atoms with Crippen molar-refractivity contribution >= 4 is 23.2 Å². The second-order valence-electron chi connectivity index (χ2n) is 4.99. The third-order valence-electron chi connectivity index (χ3n) is 3.33. The fraction of sp³-hybridized carbons (Fsp3) is 0.333. The summed E-state index contributed by atoms with van der Waals surface area (Å²) in [6.45, 7) is 5.28. The van der Waals surface area contributed by atoms with Crippen LogP contribution in [0.2, 0.25) is 5.02 Å². The molecular formula is C15H17ClFN3O2. The third kappa shape index (κ3) is 3.39. The molecule has 0 radical (unpaired) electrons. The Kier molecular flexibility index (Phi) is 4.71. The summed E-state index contributed by atoms with van der Waals surface area (Å²) in [6, 6.07) is 3.95. The van der Waals surface area contributed by atoms with Gasteiger partial charge in [-0.15, -0.1) is 0 Å². The number of rotatable bonds is 4. The average Bonchev–Trinajstić information content (AvgIpc) is 2.69. The average molecular weight is 326 g/mol. The molecule has 0 aliphatic heterocycles. The van der Waals surface area contributed by atoms with E-state index in [0.717, 1.165) is 11.4 Å². The highest BCUT2D eigenvalue weighted by atomic mass is 35.5. The van der Waals surface area contributed by atoms with Crippen LogP contribution in [-0.4, -0.2) is 21.8 Å². The highest BCUT2D eigenvalue weighted by Crippen LogP contribution is 2.23. The minimum atomic E-state index is -0.763. The van der Waals surface area contributed by atoms with Gasteiger partial charge in [-0.2, -0.15) is 5.10 Å². The summed E-state index contributed by atoms with van der Waals surface area (Å²) in [4.78, 5) is 12.2. The van der Waals surface area contributed by atoms with E-state index in [1.54, 1.807) is 18.7 Å². The molecule has 2 rings (SSSR count). The first-order chi connectivity index (χ1) is 10.3. The van der Waals surface area contributed by atoms with Crippen molar-refractivity contribution in [3.8, 4) is 5.75 Å². The lowest BCUT2D eigenvalue weighted by atomic mass is 10.2. The molecule has 5 nitrogen and oxygen atoms in total. The number of benzene rings is 1. The van der Waals surface area contributed by atoms with Crippen LogP contribution in [0, 0.1) is 19.7 Å². The molecule has 1 aromatic carbocycles. The van der Waals surface area contributed by atoms with Crippen LogP contribution in [0.3, 0.4) is 0 Å². The van der Waals surface area contributed by atoms with E-state index in [-0.39, 0.29) is 10.9 Å². The predicted octanol–water partition coefficient (Wildman–Crippen LogP) is 3.24. The molecule has 0 saturated heterocycles. The quantitative estimate of drug-likeness (QED) is 0.939. The van der Waals surface area contributed by atoms with Gasteiger partial charge in [0.2, 0.25) is 0 Å². The maximum absolute atomic E-state index is 13.1. The first-order valence-corrected chi connectivity index (χ1v) is 7.10. The van der Waals surface area contributed by atoms with Crippen LogP contribution in [0.15, 0.2) is 18.2 Å². The number of nitrogens with one attached hydrogen (secondary N) is 1. The second kappa shape index (κ2) is 6.36. The maximum Gasteiger partial charge on any atom is 0.265 e. The van der Waals surface area contributed by atoms with E-state index in [9.17, 15) is 9.18 Å². The monoisotopic (exact) mass is 325 g/mol. The van der Waals surface area contributed by atoms with Gasteiger partial charge in [-0.1, -0.05) is 11.6 Å². The molecule has 1 atom stereocenters. The van der Waals surface area contributed by atoms with Crippen LogP contribution < -0.4 is 10.1 Å². The molecule has 0 spiro atoms. The van der Waals surface area contributed by atoms with E-state index in [1.165, 1.54) is 18.2 Å². The molecule has 22 heavy (non-hydrogen) atoms. The molecule has 118 valence electrons. The van der Waals surface area contributed by atoms with E-state index in [1.807, 2.05) is 13.8 Å². The number of hydrogen-bond acceptors (Lipinski definition) is 3. The molecule has 0 aliphatic rings. The fourth-order valence-electron chi connectivity index (χ4n) is 1.99. The van der Waals surface area contributed by atoms with Gasteiger partial charge >= 0.3 is 0 Å². The molecule has 0 bridgehead atoms. The van der Waals surface area contributed by atoms with Crippen LogP contribution in [0.5, 0.6) is 5.75 Å². The Balaban J connectivity index is 2.07. The molecular weight excluding hydrogens is 309 g/mol. The van der Waals surface area contributed by atoms with Crippen molar-refractivity contribution in [1.29, 1.82) is 0 Å². The van der Waals surface area contributed by atoms with Gasteiger partial charge in [-0.25, -0.2) is 4.39 Å². The van der Waals surface area contributed by atoms with E-state index in [4.69, 9.17) is 16.3 Å². The number of halogens is 2. The molecule has 0 unspecified atom stereocenters. The van der Waals surface area contributed by atoms with Crippen LogP contribution in [0.1, 0.15) is 18.3 Å². The first kappa shape index (κ1) is 16.3. The molecule has 1 heterocycles. The SMILES string of the molecule is Cc1nn(C)c(C)c1NC(=O)[C@@H](C)Oc1ccc(F)c(Cl)c1. The Morgan fingerprint density at radius 2 is 2.14 bits per heavy atom. The topological polar surface area (TPSA) is 56.2 Å². The highest BCUT2D eigenvalue weighted by Gasteiger charge is 2.19. The van der Waals surface area contributed by atoms with Crippen LogP contribution >= 0.6 is 11.6 Å². The Bertz CT molecular complexity index is 715. The zero-order valence-electron chi connectivity index (χ0n) is 12.8. The van der Waals surface area contributed by atoms with Crippen molar-refractivity contribution in [2.24, 2.45) is 7.05 Å². The minimum absolute atomic E-state index is 0.0518. The zero-order chi connectivity index (χ0) is 16.4. The number of carbonyl (C=O) groups excluding carboxylic acids is 1.